The van der Waals surface area contributed by atoms with Crippen molar-refractivity contribution in [1.29, 1.82) is 0 Å². The fourth-order valence-corrected chi connectivity index (χ4v) is 3.50. The molecule has 0 aliphatic carbocycles. The molecule has 1 heterocycles. The van der Waals surface area contributed by atoms with Crippen molar-refractivity contribution >= 4 is 17.5 Å². The number of likely N-dealkylation sites (tertiary alicyclic amines) is 1. The number of benzene rings is 2. The molecule has 0 spiro atoms. The minimum absolute atomic E-state index is 0.0196. The number of ether oxygens (including phenoxy) is 1. The Morgan fingerprint density at radius 2 is 1.83 bits per heavy atom. The molecule has 2 aromatic carbocycles. The number of nitrogens with one attached hydrogen (secondary N) is 2. The predicted octanol–water partition coefficient (Wildman–Crippen LogP) is 3.54. The van der Waals surface area contributed by atoms with Crippen LogP contribution in [0.5, 0.6) is 5.75 Å². The smallest absolute Gasteiger partial charge is 0.260 e. The predicted molar refractivity (Wildman–Crippen MR) is 119 cm³/mol. The van der Waals surface area contributed by atoms with Crippen LogP contribution in [0.4, 0.5) is 5.69 Å². The molecule has 1 fully saturated rings. The van der Waals surface area contributed by atoms with Crippen LogP contribution in [0.2, 0.25) is 0 Å². The van der Waals surface area contributed by atoms with Crippen molar-refractivity contribution in [2.75, 3.05) is 31.6 Å². The number of carbonyl (C=O) groups is 2. The summed E-state index contributed by atoms with van der Waals surface area (Å²) in [6, 6.07) is 15.6. The number of hydrogen-bond donors (Lipinski definition) is 2. The summed E-state index contributed by atoms with van der Waals surface area (Å²) < 4.78 is 5.64. The summed E-state index contributed by atoms with van der Waals surface area (Å²) in [5.74, 6) is 0.543. The maximum absolute atomic E-state index is 12.3. The Kier molecular flexibility index (Phi) is 7.71. The van der Waals surface area contributed by atoms with Crippen LogP contribution in [0.25, 0.3) is 0 Å². The lowest BCUT2D eigenvalue weighted by atomic mass is 10.1. The van der Waals surface area contributed by atoms with Crippen LogP contribution in [-0.2, 0) is 16.0 Å². The molecule has 1 aliphatic heterocycles. The standard InChI is InChI=1S/C24H31N3O3/c1-3-19-9-11-20(12-10-19)18(2)26-23(28)16-25-21-7-6-8-22(15-21)30-17-24(29)27-13-4-5-14-27/h6-12,15,18,25H,3-5,13-14,16-17H2,1-2H3,(H,26,28). The maximum Gasteiger partial charge on any atom is 0.260 e. The molecule has 0 aromatic heterocycles. The second kappa shape index (κ2) is 10.7. The molecule has 2 amide bonds. The highest BCUT2D eigenvalue weighted by Crippen LogP contribution is 2.18. The molecule has 1 saturated heterocycles. The van der Waals surface area contributed by atoms with Gasteiger partial charge in [-0.15, -0.1) is 0 Å². The van der Waals surface area contributed by atoms with Gasteiger partial charge in [0.05, 0.1) is 12.6 Å². The van der Waals surface area contributed by atoms with Gasteiger partial charge in [-0.3, -0.25) is 9.59 Å². The van der Waals surface area contributed by atoms with E-state index in [1.165, 1.54) is 5.56 Å². The Morgan fingerprint density at radius 3 is 2.53 bits per heavy atom. The normalized spacial score (nSPS) is 14.3. The summed E-state index contributed by atoms with van der Waals surface area (Å²) in [6.07, 6.45) is 3.13. The lowest BCUT2D eigenvalue weighted by molar-refractivity contribution is -0.132. The summed E-state index contributed by atoms with van der Waals surface area (Å²) in [4.78, 5) is 26.3. The van der Waals surface area contributed by atoms with E-state index in [0.717, 1.165) is 43.6 Å². The average molecular weight is 410 g/mol. The molecule has 2 N–H and O–H groups in total. The number of carbonyl (C=O) groups excluding carboxylic acids is 2. The minimum Gasteiger partial charge on any atom is -0.484 e. The molecule has 160 valence electrons. The number of nitrogens with zero attached hydrogens (tertiary/aromatic N) is 1. The topological polar surface area (TPSA) is 70.7 Å². The van der Waals surface area contributed by atoms with Gasteiger partial charge in [0, 0.05) is 24.8 Å². The highest BCUT2D eigenvalue weighted by molar-refractivity contribution is 5.81. The Bertz CT molecular complexity index is 845. The van der Waals surface area contributed by atoms with Crippen molar-refractivity contribution in [1.82, 2.24) is 10.2 Å². The summed E-state index contributed by atoms with van der Waals surface area (Å²) in [6.45, 7) is 5.94. The second-order valence-electron chi connectivity index (χ2n) is 7.64. The van der Waals surface area contributed by atoms with Gasteiger partial charge in [-0.25, -0.2) is 0 Å². The third-order valence-corrected chi connectivity index (χ3v) is 5.37. The van der Waals surface area contributed by atoms with E-state index in [2.05, 4.69) is 41.8 Å². The molecular weight excluding hydrogens is 378 g/mol. The number of rotatable bonds is 9. The second-order valence-corrected chi connectivity index (χ2v) is 7.64. The van der Waals surface area contributed by atoms with Crippen LogP contribution < -0.4 is 15.4 Å². The fraction of sp³-hybridized carbons (Fsp3) is 0.417. The Labute approximate surface area is 178 Å². The van der Waals surface area contributed by atoms with Crippen LogP contribution in [0.15, 0.2) is 48.5 Å². The highest BCUT2D eigenvalue weighted by atomic mass is 16.5. The van der Waals surface area contributed by atoms with Gasteiger partial charge in [-0.1, -0.05) is 37.3 Å². The summed E-state index contributed by atoms with van der Waals surface area (Å²) in [5.41, 5.74) is 3.14. The SMILES string of the molecule is CCc1ccc(C(C)NC(=O)CNc2cccc(OCC(=O)N3CCCC3)c2)cc1. The molecule has 0 bridgehead atoms. The molecule has 3 rings (SSSR count). The van der Waals surface area contributed by atoms with Gasteiger partial charge in [0.25, 0.3) is 5.91 Å². The number of amides is 2. The van der Waals surface area contributed by atoms with E-state index in [0.29, 0.717) is 5.75 Å². The Balaban J connectivity index is 1.44. The van der Waals surface area contributed by atoms with E-state index >= 15 is 0 Å². The zero-order valence-electron chi connectivity index (χ0n) is 17.8. The van der Waals surface area contributed by atoms with Gasteiger partial charge in [0.2, 0.25) is 5.91 Å². The van der Waals surface area contributed by atoms with Crippen LogP contribution in [0.1, 0.15) is 43.9 Å². The van der Waals surface area contributed by atoms with Gasteiger partial charge in [0.15, 0.2) is 6.61 Å². The third-order valence-electron chi connectivity index (χ3n) is 5.37. The van der Waals surface area contributed by atoms with Crippen molar-refractivity contribution in [3.8, 4) is 5.75 Å². The summed E-state index contributed by atoms with van der Waals surface area (Å²) >= 11 is 0. The van der Waals surface area contributed by atoms with Crippen molar-refractivity contribution in [3.05, 3.63) is 59.7 Å². The van der Waals surface area contributed by atoms with Crippen molar-refractivity contribution in [3.63, 3.8) is 0 Å². The van der Waals surface area contributed by atoms with Gasteiger partial charge in [0.1, 0.15) is 5.75 Å². The molecule has 1 unspecified atom stereocenters. The van der Waals surface area contributed by atoms with E-state index in [-0.39, 0.29) is 31.0 Å². The van der Waals surface area contributed by atoms with Crippen LogP contribution >= 0.6 is 0 Å². The zero-order valence-corrected chi connectivity index (χ0v) is 17.8. The quantitative estimate of drug-likeness (QED) is 0.665. The molecule has 30 heavy (non-hydrogen) atoms. The lowest BCUT2D eigenvalue weighted by Gasteiger charge is -2.16. The third kappa shape index (κ3) is 6.24. The number of hydrogen-bond acceptors (Lipinski definition) is 4. The van der Waals surface area contributed by atoms with E-state index in [1.807, 2.05) is 30.0 Å². The van der Waals surface area contributed by atoms with Gasteiger partial charge < -0.3 is 20.3 Å². The molecule has 6 heteroatoms. The first kappa shape index (κ1) is 21.7. The summed E-state index contributed by atoms with van der Waals surface area (Å²) in [5, 5.41) is 6.12. The van der Waals surface area contributed by atoms with E-state index < -0.39 is 0 Å². The van der Waals surface area contributed by atoms with Crippen LogP contribution in [0, 0.1) is 0 Å². The summed E-state index contributed by atoms with van der Waals surface area (Å²) in [7, 11) is 0. The number of aryl methyl sites for hydroxylation is 1. The monoisotopic (exact) mass is 409 g/mol. The van der Waals surface area contributed by atoms with Gasteiger partial charge in [-0.2, -0.15) is 0 Å². The Hall–Kier alpha value is -3.02. The van der Waals surface area contributed by atoms with Crippen molar-refractivity contribution < 1.29 is 14.3 Å². The average Bonchev–Trinajstić information content (AvgIpc) is 3.31. The molecule has 1 aliphatic rings. The molecule has 0 saturated carbocycles. The highest BCUT2D eigenvalue weighted by Gasteiger charge is 2.18. The first-order chi connectivity index (χ1) is 14.5. The van der Waals surface area contributed by atoms with E-state index in [9.17, 15) is 9.59 Å². The largest absolute Gasteiger partial charge is 0.484 e. The first-order valence-electron chi connectivity index (χ1n) is 10.7. The van der Waals surface area contributed by atoms with Crippen LogP contribution in [0.3, 0.4) is 0 Å². The van der Waals surface area contributed by atoms with Gasteiger partial charge >= 0.3 is 0 Å². The van der Waals surface area contributed by atoms with E-state index in [4.69, 9.17) is 4.74 Å². The van der Waals surface area contributed by atoms with Gasteiger partial charge in [-0.05, 0) is 49.4 Å². The molecule has 6 nitrogen and oxygen atoms in total. The molecule has 0 radical (unpaired) electrons. The van der Waals surface area contributed by atoms with Crippen molar-refractivity contribution in [2.24, 2.45) is 0 Å². The lowest BCUT2D eigenvalue weighted by Crippen LogP contribution is -2.32. The minimum atomic E-state index is -0.0856. The van der Waals surface area contributed by atoms with E-state index in [1.54, 1.807) is 6.07 Å². The first-order valence-corrected chi connectivity index (χ1v) is 10.7. The molecule has 1 atom stereocenters. The molecule has 2 aromatic rings. The van der Waals surface area contributed by atoms with Crippen LogP contribution in [-0.4, -0.2) is 43.0 Å². The van der Waals surface area contributed by atoms with Crippen molar-refractivity contribution in [2.45, 2.75) is 39.2 Å². The maximum atomic E-state index is 12.3. The number of anilines is 1. The fourth-order valence-electron chi connectivity index (χ4n) is 3.50. The zero-order chi connectivity index (χ0) is 21.3. The molecular formula is C24H31N3O3. The Morgan fingerprint density at radius 1 is 1.10 bits per heavy atom.